The van der Waals surface area contributed by atoms with Crippen LogP contribution in [0, 0.1) is 0 Å². The third kappa shape index (κ3) is 5.91. The molecule has 0 saturated carbocycles. The van der Waals surface area contributed by atoms with Crippen molar-refractivity contribution in [2.75, 3.05) is 38.0 Å². The molecule has 154 valence electrons. The Morgan fingerprint density at radius 3 is 2.10 bits per heavy atom. The first-order chi connectivity index (χ1) is 13.8. The molecule has 0 aliphatic carbocycles. The fourth-order valence-electron chi connectivity index (χ4n) is 3.47. The van der Waals surface area contributed by atoms with Gasteiger partial charge in [0.1, 0.15) is 0 Å². The summed E-state index contributed by atoms with van der Waals surface area (Å²) in [6.07, 6.45) is 0.455. The molecule has 1 heterocycles. The maximum Gasteiger partial charge on any atom is 0.253 e. The lowest BCUT2D eigenvalue weighted by molar-refractivity contribution is -0.116. The number of piperazine rings is 1. The molecule has 2 aromatic carbocycles. The van der Waals surface area contributed by atoms with Crippen LogP contribution < -0.4 is 5.32 Å². The van der Waals surface area contributed by atoms with E-state index in [0.29, 0.717) is 26.1 Å². The molecular formula is C24H31N3O2. The second-order valence-corrected chi connectivity index (χ2v) is 8.63. The quantitative estimate of drug-likeness (QED) is 0.841. The summed E-state index contributed by atoms with van der Waals surface area (Å²) in [6, 6.07) is 17.5. The van der Waals surface area contributed by atoms with Crippen LogP contribution in [0.2, 0.25) is 0 Å². The summed E-state index contributed by atoms with van der Waals surface area (Å²) in [5.41, 5.74) is 2.88. The second-order valence-electron chi connectivity index (χ2n) is 8.63. The van der Waals surface area contributed by atoms with Gasteiger partial charge in [-0.2, -0.15) is 0 Å². The number of hydrogen-bond acceptors (Lipinski definition) is 3. The zero-order chi connectivity index (χ0) is 20.9. The van der Waals surface area contributed by atoms with Crippen molar-refractivity contribution in [3.63, 3.8) is 0 Å². The molecule has 1 aliphatic rings. The lowest BCUT2D eigenvalue weighted by Crippen LogP contribution is -2.49. The third-order valence-corrected chi connectivity index (χ3v) is 5.37. The van der Waals surface area contributed by atoms with Crippen molar-refractivity contribution >= 4 is 17.5 Å². The van der Waals surface area contributed by atoms with Crippen molar-refractivity contribution in [2.24, 2.45) is 0 Å². The second kappa shape index (κ2) is 9.23. The Kier molecular flexibility index (Phi) is 6.70. The predicted molar refractivity (Wildman–Crippen MR) is 117 cm³/mol. The molecule has 0 radical (unpaired) electrons. The molecular weight excluding hydrogens is 362 g/mol. The van der Waals surface area contributed by atoms with E-state index in [1.54, 1.807) is 0 Å². The lowest BCUT2D eigenvalue weighted by Gasteiger charge is -2.34. The highest BCUT2D eigenvalue weighted by Crippen LogP contribution is 2.22. The molecule has 3 rings (SSSR count). The van der Waals surface area contributed by atoms with Crippen LogP contribution in [0.1, 0.15) is 43.1 Å². The predicted octanol–water partition coefficient (Wildman–Crippen LogP) is 3.77. The maximum atomic E-state index is 12.8. The maximum absolute atomic E-state index is 12.8. The minimum atomic E-state index is 0.0219. The van der Waals surface area contributed by atoms with E-state index in [1.807, 2.05) is 47.4 Å². The average molecular weight is 394 g/mol. The van der Waals surface area contributed by atoms with Crippen LogP contribution in [0.3, 0.4) is 0 Å². The minimum absolute atomic E-state index is 0.0219. The molecule has 2 amide bonds. The summed E-state index contributed by atoms with van der Waals surface area (Å²) in [6.45, 7) is 10.2. The van der Waals surface area contributed by atoms with Crippen LogP contribution in [-0.4, -0.2) is 54.3 Å². The SMILES string of the molecule is CC(C)(C)c1ccc(C(=O)N2CCN(CCC(=O)Nc3ccccc3)CC2)cc1. The molecule has 1 aliphatic heterocycles. The fourth-order valence-corrected chi connectivity index (χ4v) is 3.47. The van der Waals surface area contributed by atoms with Gasteiger partial charge >= 0.3 is 0 Å². The van der Waals surface area contributed by atoms with E-state index in [1.165, 1.54) is 5.56 Å². The van der Waals surface area contributed by atoms with Crippen molar-refractivity contribution < 1.29 is 9.59 Å². The highest BCUT2D eigenvalue weighted by atomic mass is 16.2. The normalized spacial score (nSPS) is 15.2. The Morgan fingerprint density at radius 1 is 0.897 bits per heavy atom. The van der Waals surface area contributed by atoms with Gasteiger partial charge in [0.15, 0.2) is 0 Å². The summed E-state index contributed by atoms with van der Waals surface area (Å²) in [5.74, 6) is 0.112. The zero-order valence-corrected chi connectivity index (χ0v) is 17.6. The van der Waals surface area contributed by atoms with E-state index >= 15 is 0 Å². The lowest BCUT2D eigenvalue weighted by atomic mass is 9.86. The molecule has 5 heteroatoms. The van der Waals surface area contributed by atoms with Crippen LogP contribution in [-0.2, 0) is 10.2 Å². The zero-order valence-electron chi connectivity index (χ0n) is 17.6. The van der Waals surface area contributed by atoms with Crippen molar-refractivity contribution in [1.29, 1.82) is 0 Å². The number of anilines is 1. The number of benzene rings is 2. The highest BCUT2D eigenvalue weighted by molar-refractivity contribution is 5.94. The Hall–Kier alpha value is -2.66. The molecule has 0 spiro atoms. The first-order valence-corrected chi connectivity index (χ1v) is 10.3. The van der Waals surface area contributed by atoms with Crippen molar-refractivity contribution in [1.82, 2.24) is 9.80 Å². The van der Waals surface area contributed by atoms with Gasteiger partial charge in [0.25, 0.3) is 5.91 Å². The van der Waals surface area contributed by atoms with Crippen LogP contribution in [0.25, 0.3) is 0 Å². The highest BCUT2D eigenvalue weighted by Gasteiger charge is 2.23. The Labute approximate surface area is 173 Å². The van der Waals surface area contributed by atoms with Crippen LogP contribution >= 0.6 is 0 Å². The van der Waals surface area contributed by atoms with Gasteiger partial charge in [-0.15, -0.1) is 0 Å². The molecule has 0 atom stereocenters. The summed E-state index contributed by atoms with van der Waals surface area (Å²) >= 11 is 0. The van der Waals surface area contributed by atoms with Crippen LogP contribution in [0.15, 0.2) is 54.6 Å². The summed E-state index contributed by atoms with van der Waals surface area (Å²) in [4.78, 5) is 29.0. The molecule has 1 fully saturated rings. The minimum Gasteiger partial charge on any atom is -0.336 e. The molecule has 1 saturated heterocycles. The average Bonchev–Trinajstić information content (AvgIpc) is 2.72. The van der Waals surface area contributed by atoms with Crippen molar-refractivity contribution in [3.8, 4) is 0 Å². The summed E-state index contributed by atoms with van der Waals surface area (Å²) in [5, 5.41) is 2.91. The fraction of sp³-hybridized carbons (Fsp3) is 0.417. The largest absolute Gasteiger partial charge is 0.336 e. The molecule has 5 nitrogen and oxygen atoms in total. The van der Waals surface area contributed by atoms with Crippen molar-refractivity contribution in [3.05, 3.63) is 65.7 Å². The summed E-state index contributed by atoms with van der Waals surface area (Å²) < 4.78 is 0. The Bertz CT molecular complexity index is 817. The van der Waals surface area contributed by atoms with Gasteiger partial charge in [0.2, 0.25) is 5.91 Å². The van der Waals surface area contributed by atoms with E-state index in [9.17, 15) is 9.59 Å². The first-order valence-electron chi connectivity index (χ1n) is 10.3. The number of nitrogens with zero attached hydrogens (tertiary/aromatic N) is 2. The van der Waals surface area contributed by atoms with Gasteiger partial charge in [0.05, 0.1) is 0 Å². The van der Waals surface area contributed by atoms with E-state index in [0.717, 1.165) is 24.3 Å². The Balaban J connectivity index is 1.44. The number of hydrogen-bond donors (Lipinski definition) is 1. The van der Waals surface area contributed by atoms with Gasteiger partial charge in [-0.3, -0.25) is 14.5 Å². The standard InChI is InChI=1S/C24H31N3O2/c1-24(2,3)20-11-9-19(10-12-20)23(29)27-17-15-26(16-18-27)14-13-22(28)25-21-7-5-4-6-8-21/h4-12H,13-18H2,1-3H3,(H,25,28). The van der Waals surface area contributed by atoms with Gasteiger partial charge < -0.3 is 10.2 Å². The van der Waals surface area contributed by atoms with E-state index in [-0.39, 0.29) is 17.2 Å². The molecule has 2 aromatic rings. The topological polar surface area (TPSA) is 52.7 Å². The van der Waals surface area contributed by atoms with E-state index in [2.05, 4.69) is 43.1 Å². The number of amides is 2. The third-order valence-electron chi connectivity index (χ3n) is 5.37. The number of nitrogens with one attached hydrogen (secondary N) is 1. The number of carbonyl (C=O) groups is 2. The molecule has 1 N–H and O–H groups in total. The smallest absolute Gasteiger partial charge is 0.253 e. The first kappa shape index (κ1) is 21.1. The van der Waals surface area contributed by atoms with Gasteiger partial charge in [-0.05, 0) is 35.2 Å². The number of para-hydroxylation sites is 1. The molecule has 0 aromatic heterocycles. The van der Waals surface area contributed by atoms with Gasteiger partial charge in [0, 0.05) is 50.4 Å². The van der Waals surface area contributed by atoms with Gasteiger partial charge in [-0.1, -0.05) is 51.1 Å². The molecule has 0 unspecified atom stereocenters. The number of rotatable bonds is 5. The molecule has 0 bridgehead atoms. The van der Waals surface area contributed by atoms with Gasteiger partial charge in [-0.25, -0.2) is 0 Å². The Morgan fingerprint density at radius 2 is 1.52 bits per heavy atom. The summed E-state index contributed by atoms with van der Waals surface area (Å²) in [7, 11) is 0. The van der Waals surface area contributed by atoms with E-state index < -0.39 is 0 Å². The van der Waals surface area contributed by atoms with Crippen LogP contribution in [0.4, 0.5) is 5.69 Å². The molecule has 29 heavy (non-hydrogen) atoms. The van der Waals surface area contributed by atoms with Crippen molar-refractivity contribution in [2.45, 2.75) is 32.6 Å². The van der Waals surface area contributed by atoms with Crippen LogP contribution in [0.5, 0.6) is 0 Å². The number of carbonyl (C=O) groups excluding carboxylic acids is 2. The monoisotopic (exact) mass is 393 g/mol. The van der Waals surface area contributed by atoms with E-state index in [4.69, 9.17) is 0 Å².